The van der Waals surface area contributed by atoms with Crippen LogP contribution < -0.4 is 24.8 Å². The number of halogens is 2. The van der Waals surface area contributed by atoms with Gasteiger partial charge in [0.2, 0.25) is 0 Å². The van der Waals surface area contributed by atoms with E-state index in [1.807, 2.05) is 6.07 Å². The predicted molar refractivity (Wildman–Crippen MR) is 132 cm³/mol. The van der Waals surface area contributed by atoms with E-state index in [4.69, 9.17) is 0 Å². The van der Waals surface area contributed by atoms with E-state index in [1.54, 1.807) is 27.4 Å². The number of fused-ring (bicyclic) bond motifs is 3. The normalized spacial score (nSPS) is 13.7. The Morgan fingerprint density at radius 2 is 1.52 bits per heavy atom. The second kappa shape index (κ2) is 13.9. The molecule has 0 atom stereocenters. The first-order valence-corrected chi connectivity index (χ1v) is 12.9. The van der Waals surface area contributed by atoms with Crippen molar-refractivity contribution in [2.75, 3.05) is 0 Å². The van der Waals surface area contributed by atoms with Gasteiger partial charge in [0.05, 0.1) is 0 Å². The molecule has 2 aliphatic rings. The van der Waals surface area contributed by atoms with E-state index in [1.165, 1.54) is 71.0 Å². The van der Waals surface area contributed by atoms with Crippen LogP contribution >= 0.6 is 0 Å². The van der Waals surface area contributed by atoms with Gasteiger partial charge in [-0.25, -0.2) is 6.07 Å². The van der Waals surface area contributed by atoms with E-state index in [2.05, 4.69) is 89.2 Å². The van der Waals surface area contributed by atoms with Crippen molar-refractivity contribution in [3.05, 3.63) is 88.5 Å². The number of aryl methyl sites for hydroxylation is 2. The van der Waals surface area contributed by atoms with E-state index in [0.717, 1.165) is 6.42 Å². The Balaban J connectivity index is 0.000000251. The van der Waals surface area contributed by atoms with E-state index in [0.29, 0.717) is 5.41 Å². The molecule has 33 heavy (non-hydrogen) atoms. The molecule has 0 aliphatic heterocycles. The molecule has 0 saturated heterocycles. The van der Waals surface area contributed by atoms with E-state index in [-0.39, 0.29) is 24.8 Å². The van der Waals surface area contributed by atoms with Gasteiger partial charge in [-0.2, -0.15) is 52.6 Å². The molecule has 1 fully saturated rings. The molecule has 0 bridgehead atoms. The number of rotatable bonds is 0. The molecule has 0 amide bonds. The summed E-state index contributed by atoms with van der Waals surface area (Å²) in [5.41, 5.74) is 10.1. The van der Waals surface area contributed by atoms with Crippen LogP contribution in [0, 0.1) is 19.9 Å². The summed E-state index contributed by atoms with van der Waals surface area (Å²) >= 11 is 1.69. The molecule has 0 radical (unpaired) electrons. The Hall–Kier alpha value is -0.877. The molecule has 0 nitrogen and oxygen atoms in total. The molecule has 0 N–H and O–H groups in total. The molecular formula is C30H36Cl2Zr-2. The second-order valence-electron chi connectivity index (χ2n) is 9.94. The predicted octanol–water partition coefficient (Wildman–Crippen LogP) is 2.06. The second-order valence-corrected chi connectivity index (χ2v) is 11.7. The Morgan fingerprint density at radius 1 is 0.879 bits per heavy atom. The molecule has 1 saturated carbocycles. The molecule has 3 aromatic carbocycles. The van der Waals surface area contributed by atoms with Gasteiger partial charge < -0.3 is 24.8 Å². The fourth-order valence-corrected chi connectivity index (χ4v) is 5.46. The minimum absolute atomic E-state index is 0. The maximum Gasteiger partial charge on any atom is -0.0253 e. The van der Waals surface area contributed by atoms with Gasteiger partial charge >= 0.3 is 59.5 Å². The topological polar surface area (TPSA) is 0 Å². The van der Waals surface area contributed by atoms with Crippen LogP contribution in [0.4, 0.5) is 0 Å². The fourth-order valence-electron chi connectivity index (χ4n) is 4.59. The summed E-state index contributed by atoms with van der Waals surface area (Å²) in [5.74, 6) is 0. The summed E-state index contributed by atoms with van der Waals surface area (Å²) in [6.07, 6.45) is 8.36. The Morgan fingerprint density at radius 3 is 2.03 bits per heavy atom. The quantitative estimate of drug-likeness (QED) is 0.290. The first-order chi connectivity index (χ1) is 14.8. The molecule has 176 valence electrons. The van der Waals surface area contributed by atoms with Crippen molar-refractivity contribution in [3.63, 3.8) is 0 Å². The van der Waals surface area contributed by atoms with Gasteiger partial charge in [-0.1, -0.05) is 75.4 Å². The fraction of sp³-hybridized carbons (Fsp3) is 0.400. The summed E-state index contributed by atoms with van der Waals surface area (Å²) in [4.78, 5) is 0. The van der Waals surface area contributed by atoms with Crippen LogP contribution in [0.25, 0.3) is 11.1 Å². The van der Waals surface area contributed by atoms with Crippen LogP contribution in [0.2, 0.25) is 0 Å². The summed E-state index contributed by atoms with van der Waals surface area (Å²) in [6.45, 7) is 11.1. The molecule has 0 heterocycles. The Labute approximate surface area is 229 Å². The van der Waals surface area contributed by atoms with Crippen LogP contribution in [0.1, 0.15) is 80.7 Å². The molecule has 2 aliphatic carbocycles. The summed E-state index contributed by atoms with van der Waals surface area (Å²) in [7, 11) is 0. The largest absolute Gasteiger partial charge is 0.179 e. The van der Waals surface area contributed by atoms with Gasteiger partial charge in [-0.05, 0) is 6.42 Å². The molecule has 0 aromatic heterocycles. The zero-order chi connectivity index (χ0) is 22.4. The van der Waals surface area contributed by atoms with Gasteiger partial charge in [-0.3, -0.25) is 0 Å². The maximum absolute atomic E-state index is 3.30. The molecule has 3 heteroatoms. The van der Waals surface area contributed by atoms with Gasteiger partial charge in [0.15, 0.2) is 0 Å². The van der Waals surface area contributed by atoms with Crippen LogP contribution in [-0.2, 0) is 36.1 Å². The third-order valence-electron chi connectivity index (χ3n) is 6.12. The zero-order valence-corrected chi connectivity index (χ0v) is 24.7. The Bertz CT molecular complexity index is 972. The van der Waals surface area contributed by atoms with Crippen LogP contribution in [-0.4, -0.2) is 3.21 Å². The van der Waals surface area contributed by atoms with E-state index < -0.39 is 0 Å². The first kappa shape index (κ1) is 30.2. The summed E-state index contributed by atoms with van der Waals surface area (Å²) in [6, 6.07) is 22.6. The van der Waals surface area contributed by atoms with Crippen molar-refractivity contribution < 1.29 is 49.0 Å². The summed E-state index contributed by atoms with van der Waals surface area (Å²) < 4.78 is 1.80. The van der Waals surface area contributed by atoms with Crippen LogP contribution in [0.15, 0.2) is 54.6 Å². The van der Waals surface area contributed by atoms with Gasteiger partial charge in [0.25, 0.3) is 0 Å². The number of hydrogen-bond acceptors (Lipinski definition) is 0. The van der Waals surface area contributed by atoms with Crippen molar-refractivity contribution in [1.82, 2.24) is 0 Å². The van der Waals surface area contributed by atoms with Gasteiger partial charge in [0.1, 0.15) is 0 Å². The molecule has 3 aromatic rings. The Kier molecular flexibility index (Phi) is 12.7. The van der Waals surface area contributed by atoms with E-state index >= 15 is 0 Å². The summed E-state index contributed by atoms with van der Waals surface area (Å²) in [5, 5.41) is 0. The molecule has 0 unspecified atom stereocenters. The van der Waals surface area contributed by atoms with Gasteiger partial charge in [0, 0.05) is 0 Å². The minimum atomic E-state index is 0. The average molecular weight is 559 g/mol. The van der Waals surface area contributed by atoms with Crippen LogP contribution in [0.3, 0.4) is 0 Å². The van der Waals surface area contributed by atoms with Crippen molar-refractivity contribution in [3.8, 4) is 11.1 Å². The maximum atomic E-state index is 3.30. The number of benzene rings is 2. The minimum Gasteiger partial charge on any atom is -0.179 e. The molecule has 0 spiro atoms. The molecule has 5 rings (SSSR count). The number of hydrogen-bond donors (Lipinski definition) is 0. The molecular weight excluding hydrogens is 522 g/mol. The third-order valence-corrected chi connectivity index (χ3v) is 7.35. The van der Waals surface area contributed by atoms with Crippen molar-refractivity contribution in [1.29, 1.82) is 0 Å². The zero-order valence-electron chi connectivity index (χ0n) is 20.7. The first-order valence-electron chi connectivity index (χ1n) is 11.6. The van der Waals surface area contributed by atoms with Crippen molar-refractivity contribution in [2.45, 2.75) is 78.6 Å². The third kappa shape index (κ3) is 8.69. The van der Waals surface area contributed by atoms with Crippen LogP contribution in [0.5, 0.6) is 0 Å². The average Bonchev–Trinajstić information content (AvgIpc) is 3.28. The smallest absolute Gasteiger partial charge is 0.0253 e. The van der Waals surface area contributed by atoms with Crippen molar-refractivity contribution >= 4 is 3.21 Å². The van der Waals surface area contributed by atoms with Gasteiger partial charge in [-0.15, -0.1) is 5.56 Å². The standard InChI is InChI=1S/C13H9.C11H17.C6H10.2ClH.Zr/c1-3-7-12-10(5-1)9-11-6-2-4-8-13(11)12;1-8-6-9(2)10(7-8)11(3,4)5;1-2-4-6-5-3-1;;;/h1-5,7-8H,9H2;6-7H,1-5H3;1-5H2;2*1H;/q2*-1;;;;+2/p-2. The SMILES string of the molecule is Cc1cc(C(C)(C)C)c(C)[cH-]1.[Cl-].[Cl-].[Zr+2]=[C]1CCCCC1.[c-]1cccc2c1Cc1ccccc1-2. The monoisotopic (exact) mass is 556 g/mol. The van der Waals surface area contributed by atoms with Crippen molar-refractivity contribution in [2.24, 2.45) is 0 Å². The van der Waals surface area contributed by atoms with E-state index in [9.17, 15) is 0 Å².